The van der Waals surface area contributed by atoms with E-state index in [9.17, 15) is 14.9 Å². The minimum atomic E-state index is -0.652. The van der Waals surface area contributed by atoms with E-state index >= 15 is 0 Å². The molecule has 0 saturated carbocycles. The summed E-state index contributed by atoms with van der Waals surface area (Å²) in [7, 11) is 1.80. The summed E-state index contributed by atoms with van der Waals surface area (Å²) in [4.78, 5) is 22.7. The zero-order valence-electron chi connectivity index (χ0n) is 12.8. The van der Waals surface area contributed by atoms with E-state index in [-0.39, 0.29) is 17.1 Å². The number of nitro groups is 1. The largest absolute Gasteiger partial charge is 0.349 e. The van der Waals surface area contributed by atoms with Gasteiger partial charge in [-0.1, -0.05) is 0 Å². The molecule has 2 aliphatic heterocycles. The Bertz CT molecular complexity index is 681. The van der Waals surface area contributed by atoms with Gasteiger partial charge < -0.3 is 5.32 Å². The van der Waals surface area contributed by atoms with E-state index in [1.54, 1.807) is 24.2 Å². The molecular formula is C15H18N4O3. The van der Waals surface area contributed by atoms with Gasteiger partial charge in [0.25, 0.3) is 5.69 Å². The number of amides is 1. The van der Waals surface area contributed by atoms with Crippen LogP contribution in [0.25, 0.3) is 0 Å². The molecule has 3 rings (SSSR count). The summed E-state index contributed by atoms with van der Waals surface area (Å²) in [6.07, 6.45) is 1.19. The van der Waals surface area contributed by atoms with Crippen LogP contribution in [0.15, 0.2) is 29.4 Å². The fraction of sp³-hybridized carbons (Fsp3) is 0.467. The second-order valence-corrected chi connectivity index (χ2v) is 6.60. The summed E-state index contributed by atoms with van der Waals surface area (Å²) in [6, 6.07) is 6.28. The number of hydrogen-bond acceptors (Lipinski definition) is 5. The number of nitrogens with zero attached hydrogens (tertiary/aromatic N) is 3. The monoisotopic (exact) mass is 302 g/mol. The number of carbonyl (C=O) groups is 1. The van der Waals surface area contributed by atoms with Crippen molar-refractivity contribution in [2.24, 2.45) is 5.10 Å². The lowest BCUT2D eigenvalue weighted by Crippen LogP contribution is -2.47. The van der Waals surface area contributed by atoms with Gasteiger partial charge in [-0.25, -0.2) is 0 Å². The van der Waals surface area contributed by atoms with Crippen LogP contribution in [0.3, 0.4) is 0 Å². The Morgan fingerprint density at radius 1 is 1.32 bits per heavy atom. The van der Waals surface area contributed by atoms with Crippen LogP contribution in [0.5, 0.6) is 0 Å². The Balaban J connectivity index is 1.88. The molecule has 0 aromatic heterocycles. The number of nitrogens with one attached hydrogen (secondary N) is 1. The maximum absolute atomic E-state index is 12.4. The van der Waals surface area contributed by atoms with E-state index in [2.05, 4.69) is 10.4 Å². The van der Waals surface area contributed by atoms with E-state index in [0.717, 1.165) is 11.3 Å². The Labute approximate surface area is 128 Å². The van der Waals surface area contributed by atoms with Crippen molar-refractivity contribution in [2.45, 2.75) is 37.8 Å². The summed E-state index contributed by atoms with van der Waals surface area (Å²) < 4.78 is 0. The average molecular weight is 302 g/mol. The van der Waals surface area contributed by atoms with Crippen molar-refractivity contribution in [1.82, 2.24) is 10.3 Å². The van der Waals surface area contributed by atoms with E-state index in [0.29, 0.717) is 12.8 Å². The van der Waals surface area contributed by atoms with Crippen LogP contribution in [-0.4, -0.2) is 39.7 Å². The number of hydrazone groups is 1. The van der Waals surface area contributed by atoms with Crippen LogP contribution in [0.2, 0.25) is 0 Å². The molecule has 1 saturated heterocycles. The third-order valence-electron chi connectivity index (χ3n) is 4.37. The first-order chi connectivity index (χ1) is 10.2. The molecular weight excluding hydrogens is 284 g/mol. The second kappa shape index (κ2) is 4.53. The highest BCUT2D eigenvalue weighted by Gasteiger charge is 2.56. The molecule has 1 amide bonds. The van der Waals surface area contributed by atoms with Crippen LogP contribution in [0.4, 0.5) is 5.69 Å². The zero-order valence-corrected chi connectivity index (χ0v) is 12.8. The molecule has 1 aromatic carbocycles. The summed E-state index contributed by atoms with van der Waals surface area (Å²) in [6.45, 7) is 3.99. The number of rotatable bonds is 2. The number of nitro benzene ring substituents is 1. The standard InChI is InChI=1S/C15H18N4O3/c1-14(2)9-15(13(20)16-14)8-12(17-18(15)3)10-4-6-11(7-5-10)19(21)22/h4-7H,8-9H2,1-3H3,(H,16,20). The SMILES string of the molecule is CN1N=C(c2ccc([N+](=O)[O-])cc2)CC12CC(C)(C)NC2=O. The zero-order chi connectivity index (χ0) is 16.1. The van der Waals surface area contributed by atoms with Crippen molar-refractivity contribution in [3.05, 3.63) is 39.9 Å². The van der Waals surface area contributed by atoms with Gasteiger partial charge in [0.2, 0.25) is 5.91 Å². The van der Waals surface area contributed by atoms with Gasteiger partial charge in [-0.05, 0) is 31.5 Å². The molecule has 7 heteroatoms. The molecule has 2 aliphatic rings. The quantitative estimate of drug-likeness (QED) is 0.665. The first-order valence-electron chi connectivity index (χ1n) is 7.12. The van der Waals surface area contributed by atoms with E-state index in [4.69, 9.17) is 0 Å². The fourth-order valence-electron chi connectivity index (χ4n) is 3.32. The lowest BCUT2D eigenvalue weighted by Gasteiger charge is -2.28. The number of hydrogen-bond donors (Lipinski definition) is 1. The molecule has 2 heterocycles. The lowest BCUT2D eigenvalue weighted by molar-refractivity contribution is -0.384. The second-order valence-electron chi connectivity index (χ2n) is 6.60. The van der Waals surface area contributed by atoms with Crippen LogP contribution in [-0.2, 0) is 4.79 Å². The minimum Gasteiger partial charge on any atom is -0.349 e. The summed E-state index contributed by atoms with van der Waals surface area (Å²) in [5.41, 5.74) is 0.731. The average Bonchev–Trinajstić information content (AvgIpc) is 2.87. The normalized spacial score (nSPS) is 26.2. The van der Waals surface area contributed by atoms with Crippen LogP contribution < -0.4 is 5.32 Å². The van der Waals surface area contributed by atoms with Gasteiger partial charge in [-0.15, -0.1) is 0 Å². The Hall–Kier alpha value is -2.44. The molecule has 7 nitrogen and oxygen atoms in total. The molecule has 1 unspecified atom stereocenters. The van der Waals surface area contributed by atoms with Gasteiger partial charge >= 0.3 is 0 Å². The topological polar surface area (TPSA) is 87.8 Å². The Morgan fingerprint density at radius 3 is 2.45 bits per heavy atom. The molecule has 1 aromatic rings. The smallest absolute Gasteiger partial charge is 0.269 e. The summed E-state index contributed by atoms with van der Waals surface area (Å²) in [5, 5.41) is 20.0. The minimum absolute atomic E-state index is 0.0133. The van der Waals surface area contributed by atoms with E-state index in [1.807, 2.05) is 13.8 Å². The molecule has 0 bridgehead atoms. The fourth-order valence-corrected chi connectivity index (χ4v) is 3.32. The molecule has 1 spiro atoms. The number of benzene rings is 1. The third-order valence-corrected chi connectivity index (χ3v) is 4.37. The van der Waals surface area contributed by atoms with E-state index in [1.165, 1.54) is 12.1 Å². The first-order valence-corrected chi connectivity index (χ1v) is 7.12. The summed E-state index contributed by atoms with van der Waals surface area (Å²) in [5.74, 6) is -0.0133. The van der Waals surface area contributed by atoms with Gasteiger partial charge in [-0.2, -0.15) is 5.10 Å². The van der Waals surface area contributed by atoms with Crippen LogP contribution >= 0.6 is 0 Å². The van der Waals surface area contributed by atoms with Crippen molar-refractivity contribution in [3.63, 3.8) is 0 Å². The van der Waals surface area contributed by atoms with E-state index < -0.39 is 10.5 Å². The highest BCUT2D eigenvalue weighted by Crippen LogP contribution is 2.40. The molecule has 1 N–H and O–H groups in total. The van der Waals surface area contributed by atoms with Gasteiger partial charge in [-0.3, -0.25) is 19.9 Å². The number of non-ortho nitro benzene ring substituents is 1. The number of likely N-dealkylation sites (N-methyl/N-ethyl adjacent to an activating group) is 1. The lowest BCUT2D eigenvalue weighted by atomic mass is 9.85. The third kappa shape index (κ3) is 2.13. The van der Waals surface area contributed by atoms with Crippen molar-refractivity contribution in [3.8, 4) is 0 Å². The highest BCUT2D eigenvalue weighted by atomic mass is 16.6. The van der Waals surface area contributed by atoms with Gasteiger partial charge in [0.15, 0.2) is 0 Å². The van der Waals surface area contributed by atoms with Gasteiger partial charge in [0, 0.05) is 37.6 Å². The molecule has 1 atom stereocenters. The maximum Gasteiger partial charge on any atom is 0.269 e. The van der Waals surface area contributed by atoms with Crippen LogP contribution in [0.1, 0.15) is 32.3 Å². The predicted molar refractivity (Wildman–Crippen MR) is 81.6 cm³/mol. The predicted octanol–water partition coefficient (Wildman–Crippen LogP) is 1.67. The molecule has 0 radical (unpaired) electrons. The Morgan fingerprint density at radius 2 is 1.95 bits per heavy atom. The molecule has 0 aliphatic carbocycles. The van der Waals surface area contributed by atoms with Crippen molar-refractivity contribution in [1.29, 1.82) is 0 Å². The molecule has 22 heavy (non-hydrogen) atoms. The highest BCUT2D eigenvalue weighted by molar-refractivity contribution is 6.07. The van der Waals surface area contributed by atoms with Crippen molar-refractivity contribution >= 4 is 17.3 Å². The maximum atomic E-state index is 12.4. The van der Waals surface area contributed by atoms with Gasteiger partial charge in [0.05, 0.1) is 10.6 Å². The van der Waals surface area contributed by atoms with Crippen molar-refractivity contribution < 1.29 is 9.72 Å². The Kier molecular flexibility index (Phi) is 2.98. The number of carbonyl (C=O) groups excluding carboxylic acids is 1. The van der Waals surface area contributed by atoms with Gasteiger partial charge in [0.1, 0.15) is 5.54 Å². The van der Waals surface area contributed by atoms with Crippen molar-refractivity contribution in [2.75, 3.05) is 7.05 Å². The molecule has 1 fully saturated rings. The summed E-state index contributed by atoms with van der Waals surface area (Å²) >= 11 is 0. The first kappa shape index (κ1) is 14.5. The molecule has 116 valence electrons. The van der Waals surface area contributed by atoms with Crippen LogP contribution in [0, 0.1) is 10.1 Å².